The van der Waals surface area contributed by atoms with Crippen molar-refractivity contribution >= 4 is 12.0 Å². The lowest BCUT2D eigenvalue weighted by atomic mass is 10.1. The summed E-state index contributed by atoms with van der Waals surface area (Å²) in [5.74, 6) is 0.244. The van der Waals surface area contributed by atoms with Crippen LogP contribution in [0.2, 0.25) is 0 Å². The Kier molecular flexibility index (Phi) is 5.58. The van der Waals surface area contributed by atoms with Crippen LogP contribution in [0.4, 0.5) is 4.79 Å². The average molecular weight is 294 g/mol. The first kappa shape index (κ1) is 16.8. The number of nitrogens with zero attached hydrogens (tertiary/aromatic N) is 1. The topological polar surface area (TPSA) is 92.9 Å². The number of carbonyl (C=O) groups is 2. The van der Waals surface area contributed by atoms with Gasteiger partial charge in [0.1, 0.15) is 12.4 Å². The minimum Gasteiger partial charge on any atom is -0.492 e. The highest BCUT2D eigenvalue weighted by Crippen LogP contribution is 2.15. The number of carboxylic acid groups (broad SMARTS) is 1. The highest BCUT2D eigenvalue weighted by atomic mass is 16.5. The molecule has 21 heavy (non-hydrogen) atoms. The van der Waals surface area contributed by atoms with Gasteiger partial charge in [0.05, 0.1) is 13.0 Å². The van der Waals surface area contributed by atoms with Crippen LogP contribution in [-0.2, 0) is 11.2 Å². The lowest BCUT2D eigenvalue weighted by Crippen LogP contribution is -2.46. The summed E-state index contributed by atoms with van der Waals surface area (Å²) in [6.07, 6.45) is -0.778. The Morgan fingerprint density at radius 1 is 1.24 bits per heavy atom. The maximum Gasteiger partial charge on any atom is 0.407 e. The van der Waals surface area contributed by atoms with Gasteiger partial charge in [0.2, 0.25) is 5.91 Å². The van der Waals surface area contributed by atoms with E-state index in [4.69, 9.17) is 15.6 Å². The van der Waals surface area contributed by atoms with Gasteiger partial charge in [-0.25, -0.2) is 4.79 Å². The molecule has 0 radical (unpaired) electrons. The molecule has 1 aromatic carbocycles. The van der Waals surface area contributed by atoms with Crippen molar-refractivity contribution in [2.45, 2.75) is 32.7 Å². The second kappa shape index (κ2) is 6.97. The molecule has 0 aromatic heterocycles. The summed E-state index contributed by atoms with van der Waals surface area (Å²) in [7, 11) is 0. The van der Waals surface area contributed by atoms with Crippen molar-refractivity contribution < 1.29 is 19.4 Å². The smallest absolute Gasteiger partial charge is 0.407 e. The van der Waals surface area contributed by atoms with Crippen LogP contribution < -0.4 is 10.5 Å². The predicted octanol–water partition coefficient (Wildman–Crippen LogP) is 1.87. The van der Waals surface area contributed by atoms with Gasteiger partial charge in [-0.2, -0.15) is 0 Å². The molecule has 0 aliphatic heterocycles. The summed E-state index contributed by atoms with van der Waals surface area (Å²) in [4.78, 5) is 23.3. The van der Waals surface area contributed by atoms with Crippen LogP contribution >= 0.6 is 0 Å². The van der Waals surface area contributed by atoms with Crippen molar-refractivity contribution in [2.24, 2.45) is 5.73 Å². The molecule has 0 spiro atoms. The molecule has 0 fully saturated rings. The van der Waals surface area contributed by atoms with Crippen molar-refractivity contribution in [3.63, 3.8) is 0 Å². The minimum absolute atomic E-state index is 0.192. The van der Waals surface area contributed by atoms with Gasteiger partial charge < -0.3 is 20.5 Å². The van der Waals surface area contributed by atoms with Crippen molar-refractivity contribution in [3.8, 4) is 5.75 Å². The van der Waals surface area contributed by atoms with E-state index in [1.54, 1.807) is 24.3 Å². The number of nitrogens with two attached hydrogens (primary N) is 1. The van der Waals surface area contributed by atoms with Crippen molar-refractivity contribution in [2.75, 3.05) is 13.2 Å². The van der Waals surface area contributed by atoms with E-state index >= 15 is 0 Å². The standard InChI is InChI=1S/C15H22N2O4/c1-15(2,3)17(14(19)20)8-9-21-12-6-4-11(5-7-12)10-13(16)18/h4-7H,8-10H2,1-3H3,(H2,16,18)(H,19,20). The fourth-order valence-corrected chi connectivity index (χ4v) is 1.88. The van der Waals surface area contributed by atoms with E-state index in [2.05, 4.69) is 0 Å². The highest BCUT2D eigenvalue weighted by molar-refractivity contribution is 5.76. The van der Waals surface area contributed by atoms with Crippen LogP contribution in [0, 0.1) is 0 Å². The first-order valence-electron chi connectivity index (χ1n) is 6.71. The third-order valence-corrected chi connectivity index (χ3v) is 2.93. The first-order valence-corrected chi connectivity index (χ1v) is 6.71. The fourth-order valence-electron chi connectivity index (χ4n) is 1.88. The predicted molar refractivity (Wildman–Crippen MR) is 79.3 cm³/mol. The Morgan fingerprint density at radius 2 is 1.81 bits per heavy atom. The van der Waals surface area contributed by atoms with Gasteiger partial charge in [0.25, 0.3) is 0 Å². The van der Waals surface area contributed by atoms with Crippen molar-refractivity contribution in [3.05, 3.63) is 29.8 Å². The quantitative estimate of drug-likeness (QED) is 0.837. The SMILES string of the molecule is CC(C)(C)N(CCOc1ccc(CC(N)=O)cc1)C(=O)O. The molecular formula is C15H22N2O4. The number of rotatable bonds is 6. The number of benzene rings is 1. The molecule has 0 unspecified atom stereocenters. The summed E-state index contributed by atoms with van der Waals surface area (Å²) in [6.45, 7) is 6.04. The monoisotopic (exact) mass is 294 g/mol. The fraction of sp³-hybridized carbons (Fsp3) is 0.467. The van der Waals surface area contributed by atoms with Crippen LogP contribution in [-0.4, -0.2) is 40.7 Å². The Labute approximate surface area is 124 Å². The van der Waals surface area contributed by atoms with E-state index in [1.807, 2.05) is 20.8 Å². The number of primary amides is 1. The van der Waals surface area contributed by atoms with Gasteiger partial charge in [-0.15, -0.1) is 0 Å². The zero-order valence-electron chi connectivity index (χ0n) is 12.6. The van der Waals surface area contributed by atoms with Gasteiger partial charge in [-0.05, 0) is 38.5 Å². The molecule has 3 N–H and O–H groups in total. The molecule has 0 atom stereocenters. The summed E-state index contributed by atoms with van der Waals surface area (Å²) in [5, 5.41) is 9.15. The number of ether oxygens (including phenoxy) is 1. The van der Waals surface area contributed by atoms with E-state index in [0.717, 1.165) is 5.56 Å². The van der Waals surface area contributed by atoms with Crippen LogP contribution in [0.5, 0.6) is 5.75 Å². The molecule has 2 amide bonds. The summed E-state index contributed by atoms with van der Waals surface area (Å²) in [6, 6.07) is 7.00. The molecule has 6 nitrogen and oxygen atoms in total. The summed E-state index contributed by atoms with van der Waals surface area (Å²) < 4.78 is 5.52. The van der Waals surface area contributed by atoms with Crippen LogP contribution in [0.3, 0.4) is 0 Å². The Hall–Kier alpha value is -2.24. The van der Waals surface area contributed by atoms with Gasteiger partial charge >= 0.3 is 6.09 Å². The molecular weight excluding hydrogens is 272 g/mol. The van der Waals surface area contributed by atoms with Crippen LogP contribution in [0.1, 0.15) is 26.3 Å². The van der Waals surface area contributed by atoms with E-state index in [1.165, 1.54) is 4.90 Å². The normalized spacial score (nSPS) is 11.0. The molecule has 0 saturated carbocycles. The lowest BCUT2D eigenvalue weighted by Gasteiger charge is -2.32. The molecule has 6 heteroatoms. The largest absolute Gasteiger partial charge is 0.492 e. The van der Waals surface area contributed by atoms with E-state index in [9.17, 15) is 9.59 Å². The maximum absolute atomic E-state index is 11.2. The Balaban J connectivity index is 2.52. The van der Waals surface area contributed by atoms with Crippen molar-refractivity contribution in [1.82, 2.24) is 4.90 Å². The second-order valence-corrected chi connectivity index (χ2v) is 5.74. The third-order valence-electron chi connectivity index (χ3n) is 2.93. The summed E-state index contributed by atoms with van der Waals surface area (Å²) >= 11 is 0. The third kappa shape index (κ3) is 5.72. The maximum atomic E-state index is 11.2. The van der Waals surface area contributed by atoms with Crippen molar-refractivity contribution in [1.29, 1.82) is 0 Å². The van der Waals surface area contributed by atoms with Crippen LogP contribution in [0.25, 0.3) is 0 Å². The molecule has 0 heterocycles. The van der Waals surface area contributed by atoms with Gasteiger partial charge in [-0.1, -0.05) is 12.1 Å². The Morgan fingerprint density at radius 3 is 2.24 bits per heavy atom. The molecule has 0 bridgehead atoms. The lowest BCUT2D eigenvalue weighted by molar-refractivity contribution is -0.117. The number of carbonyl (C=O) groups excluding carboxylic acids is 1. The van der Waals surface area contributed by atoms with Gasteiger partial charge in [0.15, 0.2) is 0 Å². The number of hydrogen-bond donors (Lipinski definition) is 2. The number of amides is 2. The van der Waals surface area contributed by atoms with E-state index in [0.29, 0.717) is 5.75 Å². The highest BCUT2D eigenvalue weighted by Gasteiger charge is 2.25. The molecule has 1 aromatic rings. The first-order chi connectivity index (χ1) is 9.70. The molecule has 0 saturated heterocycles. The van der Waals surface area contributed by atoms with Gasteiger partial charge in [0, 0.05) is 5.54 Å². The van der Waals surface area contributed by atoms with Crippen LogP contribution in [0.15, 0.2) is 24.3 Å². The minimum atomic E-state index is -0.970. The molecule has 0 aliphatic carbocycles. The van der Waals surface area contributed by atoms with E-state index in [-0.39, 0.29) is 25.5 Å². The van der Waals surface area contributed by atoms with E-state index < -0.39 is 11.6 Å². The zero-order chi connectivity index (χ0) is 16.0. The zero-order valence-corrected chi connectivity index (χ0v) is 12.6. The molecule has 0 aliphatic rings. The molecule has 116 valence electrons. The average Bonchev–Trinajstić information content (AvgIpc) is 2.33. The summed E-state index contributed by atoms with van der Waals surface area (Å²) in [5.41, 5.74) is 5.46. The molecule has 1 rings (SSSR count). The number of hydrogen-bond acceptors (Lipinski definition) is 3. The second-order valence-electron chi connectivity index (χ2n) is 5.74. The Bertz CT molecular complexity index is 491. The van der Waals surface area contributed by atoms with Gasteiger partial charge in [-0.3, -0.25) is 4.79 Å².